The van der Waals surface area contributed by atoms with Gasteiger partial charge in [0.1, 0.15) is 0 Å². The summed E-state index contributed by atoms with van der Waals surface area (Å²) in [6, 6.07) is 9.35. The zero-order chi connectivity index (χ0) is 13.8. The van der Waals surface area contributed by atoms with Crippen molar-refractivity contribution < 1.29 is 0 Å². The predicted molar refractivity (Wildman–Crippen MR) is 85.6 cm³/mol. The van der Waals surface area contributed by atoms with Gasteiger partial charge in [0.2, 0.25) is 0 Å². The van der Waals surface area contributed by atoms with E-state index in [9.17, 15) is 0 Å². The van der Waals surface area contributed by atoms with Gasteiger partial charge >= 0.3 is 0 Å². The lowest BCUT2D eigenvalue weighted by Gasteiger charge is -2.33. The van der Waals surface area contributed by atoms with Gasteiger partial charge in [-0.05, 0) is 50.2 Å². The van der Waals surface area contributed by atoms with E-state index in [0.29, 0.717) is 16.9 Å². The van der Waals surface area contributed by atoms with Crippen LogP contribution in [0.25, 0.3) is 0 Å². The van der Waals surface area contributed by atoms with Crippen molar-refractivity contribution >= 4 is 17.2 Å². The maximum atomic E-state index is 5.72. The molecule has 0 saturated heterocycles. The summed E-state index contributed by atoms with van der Waals surface area (Å²) < 4.78 is 0. The molecule has 0 bridgehead atoms. The van der Waals surface area contributed by atoms with Crippen molar-refractivity contribution in [3.63, 3.8) is 0 Å². The number of thiocarbonyl (C=S) groups is 1. The maximum Gasteiger partial charge on any atom is 0.0870 e. The molecule has 0 amide bonds. The number of aryl methyl sites for hydroxylation is 1. The average molecular weight is 276 g/mol. The van der Waals surface area contributed by atoms with E-state index in [1.165, 1.54) is 30.4 Å². The van der Waals surface area contributed by atoms with Gasteiger partial charge in [-0.25, -0.2) is 0 Å². The number of fused-ring (bicyclic) bond motifs is 1. The van der Waals surface area contributed by atoms with Crippen molar-refractivity contribution in [2.75, 3.05) is 13.1 Å². The third kappa shape index (κ3) is 3.77. The first-order valence-electron chi connectivity index (χ1n) is 7.18. The first-order valence-corrected chi connectivity index (χ1v) is 7.59. The highest BCUT2D eigenvalue weighted by Crippen LogP contribution is 2.32. The summed E-state index contributed by atoms with van der Waals surface area (Å²) in [6.07, 6.45) is 3.79. The predicted octanol–water partition coefficient (Wildman–Crippen LogP) is 3.10. The Morgan fingerprint density at radius 2 is 2.16 bits per heavy atom. The fourth-order valence-corrected chi connectivity index (χ4v) is 3.15. The molecule has 0 radical (unpaired) electrons. The second-order valence-corrected chi connectivity index (χ2v) is 6.30. The molecule has 0 fully saturated rings. The van der Waals surface area contributed by atoms with Gasteiger partial charge in [0, 0.05) is 19.1 Å². The molecule has 2 N–H and O–H groups in total. The molecule has 2 rings (SSSR count). The van der Waals surface area contributed by atoms with E-state index >= 15 is 0 Å². The minimum atomic E-state index is 0.482. The summed E-state index contributed by atoms with van der Waals surface area (Å²) in [5.74, 6) is 0.627. The molecule has 1 atom stereocenters. The molecule has 1 aliphatic rings. The van der Waals surface area contributed by atoms with Crippen LogP contribution in [-0.4, -0.2) is 29.0 Å². The molecule has 1 aliphatic carbocycles. The molecule has 2 nitrogen and oxygen atoms in total. The van der Waals surface area contributed by atoms with Crippen molar-refractivity contribution in [3.8, 4) is 0 Å². The summed E-state index contributed by atoms with van der Waals surface area (Å²) in [7, 11) is 0. The normalized spacial score (nSPS) is 18.6. The summed E-state index contributed by atoms with van der Waals surface area (Å²) in [5.41, 5.74) is 8.78. The van der Waals surface area contributed by atoms with Gasteiger partial charge in [-0.3, -0.25) is 4.90 Å². The van der Waals surface area contributed by atoms with Crippen molar-refractivity contribution in [1.29, 1.82) is 0 Å². The van der Waals surface area contributed by atoms with E-state index in [1.807, 2.05) is 0 Å². The van der Waals surface area contributed by atoms with E-state index in [2.05, 4.69) is 43.0 Å². The molecule has 1 unspecified atom stereocenters. The van der Waals surface area contributed by atoms with E-state index in [0.717, 1.165) is 13.1 Å². The van der Waals surface area contributed by atoms with Crippen LogP contribution in [0.1, 0.15) is 43.7 Å². The summed E-state index contributed by atoms with van der Waals surface area (Å²) in [6.45, 7) is 6.22. The zero-order valence-corrected chi connectivity index (χ0v) is 12.7. The minimum absolute atomic E-state index is 0.482. The maximum absolute atomic E-state index is 5.72. The number of rotatable bonds is 5. The first kappa shape index (κ1) is 14.5. The van der Waals surface area contributed by atoms with Crippen molar-refractivity contribution in [3.05, 3.63) is 35.4 Å². The lowest BCUT2D eigenvalue weighted by Crippen LogP contribution is -2.40. The van der Waals surface area contributed by atoms with Crippen LogP contribution >= 0.6 is 12.2 Å². The van der Waals surface area contributed by atoms with Crippen LogP contribution in [0.5, 0.6) is 0 Å². The van der Waals surface area contributed by atoms with Crippen molar-refractivity contribution in [2.24, 2.45) is 5.73 Å². The Morgan fingerprint density at radius 3 is 2.84 bits per heavy atom. The SMILES string of the molecule is CC(C)N(CC(N)=S)CC1CCCc2ccccc21. The van der Waals surface area contributed by atoms with E-state index in [-0.39, 0.29) is 0 Å². The van der Waals surface area contributed by atoms with Crippen LogP contribution in [-0.2, 0) is 6.42 Å². The van der Waals surface area contributed by atoms with E-state index in [1.54, 1.807) is 0 Å². The zero-order valence-electron chi connectivity index (χ0n) is 11.9. The fourth-order valence-electron chi connectivity index (χ4n) is 2.99. The quantitative estimate of drug-likeness (QED) is 0.838. The Morgan fingerprint density at radius 1 is 1.42 bits per heavy atom. The van der Waals surface area contributed by atoms with Crippen LogP contribution in [0.4, 0.5) is 0 Å². The monoisotopic (exact) mass is 276 g/mol. The van der Waals surface area contributed by atoms with Gasteiger partial charge in [-0.15, -0.1) is 0 Å². The largest absolute Gasteiger partial charge is 0.392 e. The smallest absolute Gasteiger partial charge is 0.0870 e. The highest BCUT2D eigenvalue weighted by Gasteiger charge is 2.23. The molecular formula is C16H24N2S. The summed E-state index contributed by atoms with van der Waals surface area (Å²) >= 11 is 5.07. The number of nitrogens with zero attached hydrogens (tertiary/aromatic N) is 1. The van der Waals surface area contributed by atoms with Crippen molar-refractivity contribution in [1.82, 2.24) is 4.90 Å². The van der Waals surface area contributed by atoms with E-state index < -0.39 is 0 Å². The van der Waals surface area contributed by atoms with Gasteiger partial charge in [0.15, 0.2) is 0 Å². The Balaban J connectivity index is 2.12. The van der Waals surface area contributed by atoms with Crippen molar-refractivity contribution in [2.45, 2.75) is 45.1 Å². The number of nitrogens with two attached hydrogens (primary N) is 1. The van der Waals surface area contributed by atoms with E-state index in [4.69, 9.17) is 18.0 Å². The topological polar surface area (TPSA) is 29.3 Å². The van der Waals surface area contributed by atoms with Crippen LogP contribution < -0.4 is 5.73 Å². The molecular weight excluding hydrogens is 252 g/mol. The molecule has 0 saturated carbocycles. The van der Waals surface area contributed by atoms with Crippen LogP contribution in [0.15, 0.2) is 24.3 Å². The highest BCUT2D eigenvalue weighted by molar-refractivity contribution is 7.80. The molecule has 0 heterocycles. The Bertz CT molecular complexity index is 442. The summed E-state index contributed by atoms with van der Waals surface area (Å²) in [4.78, 5) is 2.99. The molecule has 19 heavy (non-hydrogen) atoms. The molecule has 0 aliphatic heterocycles. The number of hydrogen-bond acceptors (Lipinski definition) is 2. The highest BCUT2D eigenvalue weighted by atomic mass is 32.1. The minimum Gasteiger partial charge on any atom is -0.392 e. The van der Waals surface area contributed by atoms with Crippen LogP contribution in [0.2, 0.25) is 0 Å². The second kappa shape index (κ2) is 6.49. The molecule has 0 aromatic heterocycles. The number of benzene rings is 1. The third-order valence-corrected chi connectivity index (χ3v) is 4.17. The van der Waals surface area contributed by atoms with Crippen LogP contribution in [0.3, 0.4) is 0 Å². The molecule has 3 heteroatoms. The molecule has 1 aromatic carbocycles. The van der Waals surface area contributed by atoms with Gasteiger partial charge < -0.3 is 5.73 Å². The van der Waals surface area contributed by atoms with Gasteiger partial charge in [-0.1, -0.05) is 36.5 Å². The number of hydrogen-bond donors (Lipinski definition) is 1. The Hall–Kier alpha value is -0.930. The average Bonchev–Trinajstić information content (AvgIpc) is 2.37. The molecule has 104 valence electrons. The lowest BCUT2D eigenvalue weighted by molar-refractivity contribution is 0.230. The lowest BCUT2D eigenvalue weighted by atomic mass is 9.82. The molecule has 1 aromatic rings. The fraction of sp³-hybridized carbons (Fsp3) is 0.562. The first-order chi connectivity index (χ1) is 9.08. The second-order valence-electron chi connectivity index (χ2n) is 5.78. The third-order valence-electron chi connectivity index (χ3n) is 4.04. The van der Waals surface area contributed by atoms with Gasteiger partial charge in [-0.2, -0.15) is 0 Å². The van der Waals surface area contributed by atoms with Crippen LogP contribution in [0, 0.1) is 0 Å². The molecule has 0 spiro atoms. The standard InChI is InChI=1S/C16H24N2S/c1-12(2)18(11-16(17)19)10-14-8-5-7-13-6-3-4-9-15(13)14/h3-4,6,9,12,14H,5,7-8,10-11H2,1-2H3,(H2,17,19). The Labute approximate surface area is 122 Å². The van der Waals surface area contributed by atoms with Gasteiger partial charge in [0.25, 0.3) is 0 Å². The van der Waals surface area contributed by atoms with Gasteiger partial charge in [0.05, 0.1) is 4.99 Å². The summed E-state index contributed by atoms with van der Waals surface area (Å²) in [5, 5.41) is 0. The Kier molecular flexibility index (Phi) is 4.94.